The molecule has 30 heavy (non-hydrogen) atoms. The fourth-order valence-electron chi connectivity index (χ4n) is 4.02. The van der Waals surface area contributed by atoms with Gasteiger partial charge in [-0.1, -0.05) is 32.0 Å². The van der Waals surface area contributed by atoms with E-state index in [1.807, 2.05) is 12.1 Å². The number of hydrogen-bond acceptors (Lipinski definition) is 4. The summed E-state index contributed by atoms with van der Waals surface area (Å²) >= 11 is 1.65. The second-order valence-corrected chi connectivity index (χ2v) is 9.58. The van der Waals surface area contributed by atoms with Gasteiger partial charge >= 0.3 is 0 Å². The molecule has 0 amide bonds. The number of aliphatic hydroxyl groups is 1. The molecule has 2 unspecified atom stereocenters. The average molecular weight is 545 g/mol. The minimum absolute atomic E-state index is 0. The van der Waals surface area contributed by atoms with Crippen molar-refractivity contribution < 1.29 is 5.11 Å². The van der Waals surface area contributed by atoms with E-state index in [0.29, 0.717) is 12.5 Å². The van der Waals surface area contributed by atoms with Gasteiger partial charge in [0.2, 0.25) is 0 Å². The van der Waals surface area contributed by atoms with Crippen molar-refractivity contribution in [2.45, 2.75) is 39.7 Å². The molecule has 3 N–H and O–H groups in total. The van der Waals surface area contributed by atoms with Crippen molar-refractivity contribution in [1.82, 2.24) is 15.5 Å². The van der Waals surface area contributed by atoms with Crippen LogP contribution in [0.3, 0.4) is 0 Å². The van der Waals surface area contributed by atoms with Gasteiger partial charge in [0.25, 0.3) is 0 Å². The SMILES string of the molecule is CCNC(=NCC(O)c1cc2ccccc2s1)NCC1CCCN(CC(C)C)C1.I. The predicted octanol–water partition coefficient (Wildman–Crippen LogP) is 4.48. The Labute approximate surface area is 202 Å². The minimum Gasteiger partial charge on any atom is -0.386 e. The van der Waals surface area contributed by atoms with Gasteiger partial charge < -0.3 is 20.6 Å². The number of benzene rings is 1. The molecule has 1 aliphatic heterocycles. The molecular formula is C23H37IN4OS. The highest BCUT2D eigenvalue weighted by Gasteiger charge is 2.20. The van der Waals surface area contributed by atoms with Gasteiger partial charge in [-0.2, -0.15) is 0 Å². The monoisotopic (exact) mass is 544 g/mol. The third-order valence-corrected chi connectivity index (χ3v) is 6.54. The fraction of sp³-hybridized carbons (Fsp3) is 0.609. The van der Waals surface area contributed by atoms with Crippen LogP contribution in [0, 0.1) is 11.8 Å². The van der Waals surface area contributed by atoms with Gasteiger partial charge in [-0.3, -0.25) is 4.99 Å². The summed E-state index contributed by atoms with van der Waals surface area (Å²) in [6, 6.07) is 10.3. The summed E-state index contributed by atoms with van der Waals surface area (Å²) in [7, 11) is 0. The molecule has 0 spiro atoms. The van der Waals surface area contributed by atoms with Gasteiger partial charge in [-0.25, -0.2) is 0 Å². The van der Waals surface area contributed by atoms with Crippen LogP contribution in [0.4, 0.5) is 0 Å². The van der Waals surface area contributed by atoms with Crippen LogP contribution in [0.25, 0.3) is 10.1 Å². The highest BCUT2D eigenvalue weighted by Crippen LogP contribution is 2.29. The number of halogens is 1. The molecular weight excluding hydrogens is 507 g/mol. The summed E-state index contributed by atoms with van der Waals surface area (Å²) in [6.45, 7) is 12.3. The first kappa shape index (κ1) is 25.4. The molecule has 5 nitrogen and oxygen atoms in total. The summed E-state index contributed by atoms with van der Waals surface area (Å²) in [5.74, 6) is 2.17. The van der Waals surface area contributed by atoms with Crippen molar-refractivity contribution in [3.8, 4) is 0 Å². The third-order valence-electron chi connectivity index (χ3n) is 5.32. The smallest absolute Gasteiger partial charge is 0.191 e. The number of aliphatic imine (C=N–C) groups is 1. The zero-order valence-electron chi connectivity index (χ0n) is 18.4. The van der Waals surface area contributed by atoms with Crippen molar-refractivity contribution in [2.24, 2.45) is 16.8 Å². The second-order valence-electron chi connectivity index (χ2n) is 8.46. The maximum atomic E-state index is 10.6. The van der Waals surface area contributed by atoms with E-state index in [1.54, 1.807) is 11.3 Å². The molecule has 2 heterocycles. The maximum Gasteiger partial charge on any atom is 0.191 e. The molecule has 168 valence electrons. The minimum atomic E-state index is -0.570. The van der Waals surface area contributed by atoms with Crippen LogP contribution in [-0.2, 0) is 0 Å². The van der Waals surface area contributed by atoms with E-state index in [2.05, 4.69) is 59.5 Å². The molecule has 2 aromatic rings. The summed E-state index contributed by atoms with van der Waals surface area (Å²) in [5.41, 5.74) is 0. The van der Waals surface area contributed by atoms with Crippen LogP contribution in [-0.4, -0.2) is 55.2 Å². The molecule has 1 fully saturated rings. The largest absolute Gasteiger partial charge is 0.386 e. The third kappa shape index (κ3) is 7.66. The number of nitrogens with one attached hydrogen (secondary N) is 2. The van der Waals surface area contributed by atoms with Crippen molar-refractivity contribution in [3.05, 3.63) is 35.2 Å². The molecule has 1 saturated heterocycles. The van der Waals surface area contributed by atoms with E-state index in [9.17, 15) is 5.11 Å². The topological polar surface area (TPSA) is 59.9 Å². The first-order chi connectivity index (χ1) is 14.0. The van der Waals surface area contributed by atoms with Gasteiger partial charge in [0.15, 0.2) is 5.96 Å². The molecule has 2 atom stereocenters. The van der Waals surface area contributed by atoms with E-state index < -0.39 is 6.10 Å². The highest BCUT2D eigenvalue weighted by molar-refractivity contribution is 14.0. The highest BCUT2D eigenvalue weighted by atomic mass is 127. The van der Waals surface area contributed by atoms with Crippen LogP contribution in [0.5, 0.6) is 0 Å². The summed E-state index contributed by atoms with van der Waals surface area (Å²) in [6.07, 6.45) is 1.97. The van der Waals surface area contributed by atoms with E-state index >= 15 is 0 Å². The lowest BCUT2D eigenvalue weighted by Gasteiger charge is -2.34. The second kappa shape index (κ2) is 12.8. The zero-order chi connectivity index (χ0) is 20.6. The summed E-state index contributed by atoms with van der Waals surface area (Å²) in [4.78, 5) is 8.22. The van der Waals surface area contributed by atoms with Crippen molar-refractivity contribution in [2.75, 3.05) is 39.3 Å². The van der Waals surface area contributed by atoms with Crippen LogP contribution in [0.15, 0.2) is 35.3 Å². The van der Waals surface area contributed by atoms with Crippen LogP contribution >= 0.6 is 35.3 Å². The van der Waals surface area contributed by atoms with E-state index in [-0.39, 0.29) is 24.0 Å². The summed E-state index contributed by atoms with van der Waals surface area (Å²) < 4.78 is 1.21. The molecule has 0 radical (unpaired) electrons. The number of piperidine rings is 1. The van der Waals surface area contributed by atoms with E-state index in [1.165, 1.54) is 36.0 Å². The summed E-state index contributed by atoms with van der Waals surface area (Å²) in [5, 5.41) is 18.6. The number of fused-ring (bicyclic) bond motifs is 1. The number of likely N-dealkylation sites (tertiary alicyclic amines) is 1. The standard InChI is InChI=1S/C23H36N4OS.HI/c1-4-24-23(25-13-18-8-7-11-27(16-18)15-17(2)3)26-14-20(28)22-12-19-9-5-6-10-21(19)29-22;/h5-6,9-10,12,17-18,20,28H,4,7-8,11,13-16H2,1-3H3,(H2,24,25,26);1H. The molecule has 3 rings (SSSR count). The molecule has 1 aliphatic rings. The number of thiophene rings is 1. The van der Waals surface area contributed by atoms with Crippen molar-refractivity contribution in [1.29, 1.82) is 0 Å². The Balaban J connectivity index is 0.00000320. The molecule has 0 saturated carbocycles. The Morgan fingerprint density at radius 1 is 1.30 bits per heavy atom. The van der Waals surface area contributed by atoms with Gasteiger partial charge in [0.05, 0.1) is 6.54 Å². The Bertz CT molecular complexity index is 761. The van der Waals surface area contributed by atoms with E-state index in [0.717, 1.165) is 36.4 Å². The molecule has 1 aromatic heterocycles. The lowest BCUT2D eigenvalue weighted by atomic mass is 9.97. The van der Waals surface area contributed by atoms with Crippen molar-refractivity contribution >= 4 is 51.4 Å². The van der Waals surface area contributed by atoms with Gasteiger partial charge in [-0.15, -0.1) is 35.3 Å². The number of hydrogen-bond donors (Lipinski definition) is 3. The quantitative estimate of drug-likeness (QED) is 0.261. The van der Waals surface area contributed by atoms with Gasteiger partial charge in [0.1, 0.15) is 6.10 Å². The predicted molar refractivity (Wildman–Crippen MR) is 140 cm³/mol. The lowest BCUT2D eigenvalue weighted by Crippen LogP contribution is -2.45. The van der Waals surface area contributed by atoms with E-state index in [4.69, 9.17) is 0 Å². The number of rotatable bonds is 8. The maximum absolute atomic E-state index is 10.6. The Hall–Kier alpha value is -0.900. The Kier molecular flexibility index (Phi) is 10.8. The molecule has 7 heteroatoms. The fourth-order valence-corrected chi connectivity index (χ4v) is 5.06. The Morgan fingerprint density at radius 2 is 2.10 bits per heavy atom. The Morgan fingerprint density at radius 3 is 2.83 bits per heavy atom. The zero-order valence-corrected chi connectivity index (χ0v) is 21.6. The van der Waals surface area contributed by atoms with Crippen molar-refractivity contribution in [3.63, 3.8) is 0 Å². The number of guanidine groups is 1. The first-order valence-corrected chi connectivity index (χ1v) is 11.8. The van der Waals surface area contributed by atoms with Gasteiger partial charge in [-0.05, 0) is 55.7 Å². The molecule has 1 aromatic carbocycles. The average Bonchev–Trinajstić information content (AvgIpc) is 3.14. The first-order valence-electron chi connectivity index (χ1n) is 11.0. The lowest BCUT2D eigenvalue weighted by molar-refractivity contribution is 0.159. The van der Waals surface area contributed by atoms with Gasteiger partial charge in [0, 0.05) is 35.8 Å². The van der Waals surface area contributed by atoms with Crippen LogP contribution < -0.4 is 10.6 Å². The number of aliphatic hydroxyl groups excluding tert-OH is 1. The van der Waals surface area contributed by atoms with Crippen LogP contribution in [0.2, 0.25) is 0 Å². The normalized spacial score (nSPS) is 19.0. The molecule has 0 aliphatic carbocycles. The van der Waals surface area contributed by atoms with Crippen LogP contribution in [0.1, 0.15) is 44.6 Å². The molecule has 0 bridgehead atoms. The number of nitrogens with zero attached hydrogens (tertiary/aromatic N) is 2.